The number of hydrogen-bond acceptors (Lipinski definition) is 4. The van der Waals surface area contributed by atoms with Crippen LogP contribution in [0.3, 0.4) is 0 Å². The Bertz CT molecular complexity index is 964. The van der Waals surface area contributed by atoms with Gasteiger partial charge in [-0.05, 0) is 42.8 Å². The molecule has 0 aliphatic rings. The molecule has 0 aliphatic heterocycles. The smallest absolute Gasteiger partial charge is 0.243 e. The SMILES string of the molecule is Cc1cc(Br)ccc1NC(=O)CNC(=O)CCS(=O)(=O)c1ccccc1Cl. The number of carbonyl (C=O) groups excluding carboxylic acids is 2. The van der Waals surface area contributed by atoms with Crippen LogP contribution in [0.15, 0.2) is 51.8 Å². The predicted molar refractivity (Wildman–Crippen MR) is 109 cm³/mol. The van der Waals surface area contributed by atoms with Gasteiger partial charge in [0.2, 0.25) is 11.8 Å². The summed E-state index contributed by atoms with van der Waals surface area (Å²) in [6.07, 6.45) is -0.266. The first-order valence-electron chi connectivity index (χ1n) is 7.99. The number of rotatable bonds is 7. The molecule has 2 N–H and O–H groups in total. The van der Waals surface area contributed by atoms with Gasteiger partial charge in [0.05, 0.1) is 22.2 Å². The van der Waals surface area contributed by atoms with Crippen molar-refractivity contribution in [1.82, 2.24) is 5.32 Å². The van der Waals surface area contributed by atoms with E-state index in [2.05, 4.69) is 26.6 Å². The van der Waals surface area contributed by atoms with Crippen LogP contribution in [-0.2, 0) is 19.4 Å². The Kier molecular flexibility index (Phi) is 7.41. The van der Waals surface area contributed by atoms with E-state index in [-0.39, 0.29) is 22.9 Å². The first kappa shape index (κ1) is 21.4. The van der Waals surface area contributed by atoms with E-state index in [1.165, 1.54) is 12.1 Å². The maximum absolute atomic E-state index is 12.3. The summed E-state index contributed by atoms with van der Waals surface area (Å²) in [6, 6.07) is 11.4. The van der Waals surface area contributed by atoms with Gasteiger partial charge in [0, 0.05) is 16.6 Å². The number of carbonyl (C=O) groups is 2. The quantitative estimate of drug-likeness (QED) is 0.645. The number of aryl methyl sites for hydroxylation is 1. The highest BCUT2D eigenvalue weighted by atomic mass is 79.9. The van der Waals surface area contributed by atoms with Gasteiger partial charge in [-0.2, -0.15) is 0 Å². The van der Waals surface area contributed by atoms with E-state index in [9.17, 15) is 18.0 Å². The summed E-state index contributed by atoms with van der Waals surface area (Å²) in [7, 11) is -3.68. The zero-order valence-electron chi connectivity index (χ0n) is 14.5. The zero-order chi connectivity index (χ0) is 20.0. The number of halogens is 2. The van der Waals surface area contributed by atoms with Gasteiger partial charge in [-0.15, -0.1) is 0 Å². The van der Waals surface area contributed by atoms with E-state index in [4.69, 9.17) is 11.6 Å². The van der Waals surface area contributed by atoms with Crippen molar-refractivity contribution in [1.29, 1.82) is 0 Å². The molecular formula is C18H18BrClN2O4S. The fourth-order valence-corrected chi connectivity index (χ4v) is 4.55. The highest BCUT2D eigenvalue weighted by Crippen LogP contribution is 2.22. The average molecular weight is 474 g/mol. The molecule has 0 unspecified atom stereocenters. The molecule has 0 heterocycles. The minimum absolute atomic E-state index is 0.0112. The number of benzene rings is 2. The molecule has 0 saturated carbocycles. The summed E-state index contributed by atoms with van der Waals surface area (Å²) in [5, 5.41) is 5.22. The van der Waals surface area contributed by atoms with Crippen molar-refractivity contribution in [2.45, 2.75) is 18.2 Å². The molecule has 2 aromatic carbocycles. The fraction of sp³-hybridized carbons (Fsp3) is 0.222. The second-order valence-corrected chi connectivity index (χ2v) is 9.18. The summed E-state index contributed by atoms with van der Waals surface area (Å²) < 4.78 is 25.4. The van der Waals surface area contributed by atoms with Gasteiger partial charge in [0.15, 0.2) is 9.84 Å². The molecule has 2 amide bonds. The summed E-state index contributed by atoms with van der Waals surface area (Å²) in [6.45, 7) is 1.60. The standard InChI is InChI=1S/C18H18BrClN2O4S/c1-12-10-13(19)6-7-15(12)22-18(24)11-21-17(23)8-9-27(25,26)16-5-3-2-4-14(16)20/h2-7,10H,8-9,11H2,1H3,(H,21,23)(H,22,24). The average Bonchev–Trinajstić information content (AvgIpc) is 2.61. The molecule has 9 heteroatoms. The first-order chi connectivity index (χ1) is 12.7. The first-order valence-corrected chi connectivity index (χ1v) is 10.8. The van der Waals surface area contributed by atoms with Crippen LogP contribution < -0.4 is 10.6 Å². The summed E-state index contributed by atoms with van der Waals surface area (Å²) in [5.41, 5.74) is 1.51. The molecule has 27 heavy (non-hydrogen) atoms. The van der Waals surface area contributed by atoms with Crippen molar-refractivity contribution in [3.8, 4) is 0 Å². The van der Waals surface area contributed by atoms with Crippen molar-refractivity contribution in [2.24, 2.45) is 0 Å². The van der Waals surface area contributed by atoms with Gasteiger partial charge in [0.25, 0.3) is 0 Å². The van der Waals surface area contributed by atoms with Gasteiger partial charge >= 0.3 is 0 Å². The third-order valence-electron chi connectivity index (χ3n) is 3.68. The van der Waals surface area contributed by atoms with Crippen LogP contribution in [0.25, 0.3) is 0 Å². The molecule has 2 aromatic rings. The maximum Gasteiger partial charge on any atom is 0.243 e. The number of anilines is 1. The monoisotopic (exact) mass is 472 g/mol. The van der Waals surface area contributed by atoms with E-state index in [1.807, 2.05) is 13.0 Å². The van der Waals surface area contributed by atoms with Gasteiger partial charge in [-0.25, -0.2) is 8.42 Å². The van der Waals surface area contributed by atoms with Crippen LogP contribution >= 0.6 is 27.5 Å². The minimum atomic E-state index is -3.68. The Balaban J connectivity index is 1.84. The van der Waals surface area contributed by atoms with Gasteiger partial charge in [-0.1, -0.05) is 39.7 Å². The highest BCUT2D eigenvalue weighted by Gasteiger charge is 2.19. The minimum Gasteiger partial charge on any atom is -0.347 e. The Labute approximate surface area is 171 Å². The Morgan fingerprint density at radius 3 is 2.48 bits per heavy atom. The van der Waals surface area contributed by atoms with Gasteiger partial charge in [0.1, 0.15) is 0 Å². The number of nitrogens with one attached hydrogen (secondary N) is 2. The molecule has 0 aliphatic carbocycles. The lowest BCUT2D eigenvalue weighted by Crippen LogP contribution is -2.33. The molecule has 0 spiro atoms. The third kappa shape index (κ3) is 6.34. The second-order valence-electron chi connectivity index (χ2n) is 5.78. The van der Waals surface area contributed by atoms with Crippen molar-refractivity contribution < 1.29 is 18.0 Å². The number of sulfone groups is 1. The lowest BCUT2D eigenvalue weighted by atomic mass is 10.2. The maximum atomic E-state index is 12.3. The Hall–Kier alpha value is -1.90. The predicted octanol–water partition coefficient (Wildman–Crippen LogP) is 3.33. The van der Waals surface area contributed by atoms with Crippen LogP contribution in [0.1, 0.15) is 12.0 Å². The van der Waals surface area contributed by atoms with E-state index in [0.717, 1.165) is 10.0 Å². The molecule has 0 saturated heterocycles. The van der Waals surface area contributed by atoms with E-state index < -0.39 is 27.4 Å². The van der Waals surface area contributed by atoms with E-state index in [0.29, 0.717) is 5.69 Å². The topological polar surface area (TPSA) is 92.3 Å². The van der Waals surface area contributed by atoms with Crippen molar-refractivity contribution in [2.75, 3.05) is 17.6 Å². The number of hydrogen-bond donors (Lipinski definition) is 2. The molecule has 0 atom stereocenters. The largest absolute Gasteiger partial charge is 0.347 e. The summed E-state index contributed by atoms with van der Waals surface area (Å²) in [5.74, 6) is -1.33. The number of amides is 2. The Morgan fingerprint density at radius 2 is 1.81 bits per heavy atom. The molecule has 2 rings (SSSR count). The lowest BCUT2D eigenvalue weighted by molar-refractivity contribution is -0.123. The van der Waals surface area contributed by atoms with Crippen LogP contribution in [0, 0.1) is 6.92 Å². The molecule has 0 fully saturated rings. The van der Waals surface area contributed by atoms with Crippen molar-refractivity contribution in [3.05, 3.63) is 57.5 Å². The Morgan fingerprint density at radius 1 is 1.11 bits per heavy atom. The molecule has 0 bridgehead atoms. The van der Waals surface area contributed by atoms with E-state index in [1.54, 1.807) is 24.3 Å². The molecule has 0 radical (unpaired) electrons. The highest BCUT2D eigenvalue weighted by molar-refractivity contribution is 9.10. The molecule has 6 nitrogen and oxygen atoms in total. The zero-order valence-corrected chi connectivity index (χ0v) is 17.6. The summed E-state index contributed by atoms with van der Waals surface area (Å²) >= 11 is 9.23. The fourth-order valence-electron chi connectivity index (χ4n) is 2.26. The van der Waals surface area contributed by atoms with Crippen LogP contribution in [0.4, 0.5) is 5.69 Å². The molecule has 144 valence electrons. The van der Waals surface area contributed by atoms with Crippen LogP contribution in [-0.4, -0.2) is 32.5 Å². The second kappa shape index (κ2) is 9.34. The molecular weight excluding hydrogens is 456 g/mol. The third-order valence-corrected chi connectivity index (χ3v) is 6.38. The normalized spacial score (nSPS) is 11.1. The van der Waals surface area contributed by atoms with Gasteiger partial charge in [-0.3, -0.25) is 9.59 Å². The van der Waals surface area contributed by atoms with Gasteiger partial charge < -0.3 is 10.6 Å². The van der Waals surface area contributed by atoms with Crippen LogP contribution in [0.2, 0.25) is 5.02 Å². The summed E-state index contributed by atoms with van der Waals surface area (Å²) in [4.78, 5) is 23.8. The van der Waals surface area contributed by atoms with Crippen molar-refractivity contribution >= 4 is 54.9 Å². The van der Waals surface area contributed by atoms with Crippen LogP contribution in [0.5, 0.6) is 0 Å². The lowest BCUT2D eigenvalue weighted by Gasteiger charge is -2.10. The van der Waals surface area contributed by atoms with Crippen molar-refractivity contribution in [3.63, 3.8) is 0 Å². The molecule has 0 aromatic heterocycles. The van der Waals surface area contributed by atoms with E-state index >= 15 is 0 Å².